The van der Waals surface area contributed by atoms with Crippen molar-refractivity contribution < 1.29 is 13.2 Å². The molecule has 0 aliphatic carbocycles. The van der Waals surface area contributed by atoms with E-state index in [2.05, 4.69) is 0 Å². The van der Waals surface area contributed by atoms with E-state index in [-0.39, 0.29) is 0 Å². The van der Waals surface area contributed by atoms with E-state index < -0.39 is 20.5 Å². The van der Waals surface area contributed by atoms with E-state index in [4.69, 9.17) is 0 Å². The van der Waals surface area contributed by atoms with E-state index in [1.165, 1.54) is 12.1 Å². The van der Waals surface area contributed by atoms with Crippen molar-refractivity contribution in [2.24, 2.45) is 0 Å². The highest BCUT2D eigenvalue weighted by Crippen LogP contribution is 2.28. The Morgan fingerprint density at radius 1 is 0.522 bits per heavy atom. The molecule has 0 aliphatic rings. The Morgan fingerprint density at radius 3 is 1.30 bits per heavy atom. The van der Waals surface area contributed by atoms with Crippen molar-refractivity contribution in [3.05, 3.63) is 90.5 Å². The molecule has 3 aromatic rings. The first kappa shape index (κ1) is 15.6. The molecule has 0 nitrogen and oxygen atoms in total. The molecule has 23 heavy (non-hydrogen) atoms. The van der Waals surface area contributed by atoms with E-state index in [0.717, 1.165) is 15.6 Å². The SMILES string of the molecule is FC(F)(F)c1ccc([Si](c2ccccc2)c2ccccc2)cc1. The van der Waals surface area contributed by atoms with Gasteiger partial charge < -0.3 is 0 Å². The lowest BCUT2D eigenvalue weighted by atomic mass is 10.2. The number of halogens is 3. The number of benzene rings is 3. The van der Waals surface area contributed by atoms with Crippen molar-refractivity contribution in [1.29, 1.82) is 0 Å². The Bertz CT molecular complexity index is 711. The van der Waals surface area contributed by atoms with Gasteiger partial charge in [0.1, 0.15) is 0 Å². The fourth-order valence-corrected chi connectivity index (χ4v) is 5.09. The molecule has 0 atom stereocenters. The second-order valence-electron chi connectivity index (χ2n) is 5.18. The van der Waals surface area contributed by atoms with Crippen molar-refractivity contribution in [1.82, 2.24) is 0 Å². The van der Waals surface area contributed by atoms with Crippen LogP contribution in [0.5, 0.6) is 0 Å². The van der Waals surface area contributed by atoms with Crippen LogP contribution in [0.25, 0.3) is 0 Å². The third-order valence-corrected chi connectivity index (χ3v) is 6.36. The summed E-state index contributed by atoms with van der Waals surface area (Å²) in [6.45, 7) is 0. The molecule has 0 saturated carbocycles. The normalized spacial score (nSPS) is 11.7. The summed E-state index contributed by atoms with van der Waals surface area (Å²) in [6.07, 6.45) is -4.30. The predicted molar refractivity (Wildman–Crippen MR) is 89.0 cm³/mol. The van der Waals surface area contributed by atoms with Crippen LogP contribution in [0, 0.1) is 0 Å². The first-order valence-corrected chi connectivity index (χ1v) is 8.71. The first-order chi connectivity index (χ1) is 11.1. The van der Waals surface area contributed by atoms with Crippen LogP contribution in [0.1, 0.15) is 5.56 Å². The minimum Gasteiger partial charge on any atom is -0.166 e. The Labute approximate surface area is 134 Å². The monoisotopic (exact) mass is 327 g/mol. The van der Waals surface area contributed by atoms with Gasteiger partial charge in [0.25, 0.3) is 0 Å². The van der Waals surface area contributed by atoms with Crippen molar-refractivity contribution in [2.45, 2.75) is 6.18 Å². The molecule has 0 amide bonds. The summed E-state index contributed by atoms with van der Waals surface area (Å²) < 4.78 is 38.3. The summed E-state index contributed by atoms with van der Waals surface area (Å²) in [5.74, 6) is 0. The van der Waals surface area contributed by atoms with E-state index in [1.807, 2.05) is 60.7 Å². The highest BCUT2D eigenvalue weighted by molar-refractivity contribution is 6.95. The smallest absolute Gasteiger partial charge is 0.166 e. The van der Waals surface area contributed by atoms with Crippen LogP contribution in [0.4, 0.5) is 13.2 Å². The summed E-state index contributed by atoms with van der Waals surface area (Å²) in [5.41, 5.74) is -0.608. The molecule has 0 heterocycles. The third kappa shape index (κ3) is 3.54. The summed E-state index contributed by atoms with van der Waals surface area (Å²) >= 11 is 0. The van der Waals surface area contributed by atoms with Crippen molar-refractivity contribution in [2.75, 3.05) is 0 Å². The standard InChI is InChI=1S/C19H14F3Si/c20-19(21,22)15-11-13-18(14-12-15)23(16-7-3-1-4-8-16)17-9-5-2-6-10-17/h1-14H. The third-order valence-electron chi connectivity index (χ3n) is 3.63. The zero-order chi connectivity index (χ0) is 16.3. The molecule has 0 saturated heterocycles. The van der Waals surface area contributed by atoms with Gasteiger partial charge in [-0.2, -0.15) is 13.2 Å². The number of hydrogen-bond acceptors (Lipinski definition) is 0. The van der Waals surface area contributed by atoms with Crippen LogP contribution in [0.15, 0.2) is 84.9 Å². The summed E-state index contributed by atoms with van der Waals surface area (Å²) in [6, 6.07) is 25.5. The van der Waals surface area contributed by atoms with Gasteiger partial charge in [-0.25, -0.2) is 0 Å². The summed E-state index contributed by atoms with van der Waals surface area (Å²) in [7, 11) is -1.31. The number of alkyl halides is 3. The zero-order valence-corrected chi connectivity index (χ0v) is 13.2. The van der Waals surface area contributed by atoms with Crippen LogP contribution in [-0.2, 0) is 6.18 Å². The van der Waals surface area contributed by atoms with Crippen LogP contribution in [0.2, 0.25) is 0 Å². The van der Waals surface area contributed by atoms with Crippen molar-refractivity contribution >= 4 is 24.4 Å². The molecule has 115 valence electrons. The molecule has 3 aromatic carbocycles. The Kier molecular flexibility index (Phi) is 4.34. The van der Waals surface area contributed by atoms with Crippen LogP contribution < -0.4 is 15.6 Å². The molecule has 0 fully saturated rings. The molecular formula is C19H14F3Si. The Morgan fingerprint density at radius 2 is 0.913 bits per heavy atom. The van der Waals surface area contributed by atoms with E-state index in [0.29, 0.717) is 0 Å². The molecule has 0 bridgehead atoms. The fourth-order valence-electron chi connectivity index (χ4n) is 2.54. The second kappa shape index (κ2) is 6.42. The van der Waals surface area contributed by atoms with Crippen molar-refractivity contribution in [3.8, 4) is 0 Å². The van der Waals surface area contributed by atoms with Gasteiger partial charge in [0, 0.05) is 0 Å². The van der Waals surface area contributed by atoms with Crippen LogP contribution >= 0.6 is 0 Å². The lowest BCUT2D eigenvalue weighted by molar-refractivity contribution is -0.137. The van der Waals surface area contributed by atoms with Crippen LogP contribution in [-0.4, -0.2) is 8.80 Å². The number of hydrogen-bond donors (Lipinski definition) is 0. The van der Waals surface area contributed by atoms with E-state index in [9.17, 15) is 13.2 Å². The lowest BCUT2D eigenvalue weighted by Gasteiger charge is -2.17. The van der Waals surface area contributed by atoms with E-state index >= 15 is 0 Å². The summed E-state index contributed by atoms with van der Waals surface area (Å²) in [5, 5.41) is 3.26. The first-order valence-electron chi connectivity index (χ1n) is 7.21. The van der Waals surface area contributed by atoms with Crippen LogP contribution in [0.3, 0.4) is 0 Å². The van der Waals surface area contributed by atoms with Gasteiger partial charge in [0.2, 0.25) is 0 Å². The highest BCUT2D eigenvalue weighted by atomic mass is 28.3. The molecule has 0 spiro atoms. The molecule has 0 unspecified atom stereocenters. The largest absolute Gasteiger partial charge is 0.416 e. The minimum atomic E-state index is -4.30. The van der Waals surface area contributed by atoms with E-state index in [1.54, 1.807) is 12.1 Å². The van der Waals surface area contributed by atoms with Gasteiger partial charge >= 0.3 is 6.18 Å². The maximum Gasteiger partial charge on any atom is 0.416 e. The fraction of sp³-hybridized carbons (Fsp3) is 0.0526. The molecule has 0 aromatic heterocycles. The molecule has 3 rings (SSSR count). The maximum atomic E-state index is 12.8. The lowest BCUT2D eigenvalue weighted by Crippen LogP contribution is -2.51. The quantitative estimate of drug-likeness (QED) is 0.512. The van der Waals surface area contributed by atoms with Gasteiger partial charge in [-0.15, -0.1) is 0 Å². The number of rotatable bonds is 3. The average molecular weight is 327 g/mol. The molecule has 4 heteroatoms. The van der Waals surface area contributed by atoms with Crippen molar-refractivity contribution in [3.63, 3.8) is 0 Å². The topological polar surface area (TPSA) is 0 Å². The van der Waals surface area contributed by atoms with Gasteiger partial charge in [-0.1, -0.05) is 100 Å². The molecule has 1 radical (unpaired) electrons. The van der Waals surface area contributed by atoms with Gasteiger partial charge in [-0.3, -0.25) is 0 Å². The maximum absolute atomic E-state index is 12.8. The van der Waals surface area contributed by atoms with Gasteiger partial charge in [0.15, 0.2) is 8.80 Å². The zero-order valence-electron chi connectivity index (χ0n) is 12.2. The summed E-state index contributed by atoms with van der Waals surface area (Å²) in [4.78, 5) is 0. The second-order valence-corrected chi connectivity index (χ2v) is 7.66. The molecular weight excluding hydrogens is 313 g/mol. The predicted octanol–water partition coefficient (Wildman–Crippen LogP) is 3.22. The minimum absolute atomic E-state index is 0.608. The molecule has 0 N–H and O–H groups in total. The highest BCUT2D eigenvalue weighted by Gasteiger charge is 2.30. The molecule has 0 aliphatic heterocycles. The average Bonchev–Trinajstić information content (AvgIpc) is 2.57. The van der Waals surface area contributed by atoms with Gasteiger partial charge in [-0.05, 0) is 0 Å². The van der Waals surface area contributed by atoms with Gasteiger partial charge in [0.05, 0.1) is 5.56 Å². The Balaban J connectivity index is 2.06. The Hall–Kier alpha value is -2.33.